The van der Waals surface area contributed by atoms with Crippen molar-refractivity contribution in [2.24, 2.45) is 0 Å². The van der Waals surface area contributed by atoms with Crippen LogP contribution in [-0.4, -0.2) is 26.2 Å². The number of benzene rings is 1. The van der Waals surface area contributed by atoms with Crippen molar-refractivity contribution in [1.29, 1.82) is 0 Å². The van der Waals surface area contributed by atoms with E-state index in [1.807, 2.05) is 0 Å². The minimum Gasteiger partial charge on any atom is -0.348 e. The third-order valence-electron chi connectivity index (χ3n) is 4.19. The molecular weight excluding hydrogens is 412 g/mol. The Balaban J connectivity index is 1.99. The van der Waals surface area contributed by atoms with Crippen molar-refractivity contribution in [3.05, 3.63) is 104 Å². The highest BCUT2D eigenvalue weighted by Crippen LogP contribution is 2.20. The number of amides is 1. The molecule has 0 radical (unpaired) electrons. The number of ketones is 1. The lowest BCUT2D eigenvalue weighted by Gasteiger charge is -2.18. The number of hydrogen-bond acceptors (Lipinski definition) is 6. The molecule has 0 bridgehead atoms. The fourth-order valence-corrected chi connectivity index (χ4v) is 2.93. The molecule has 0 saturated carbocycles. The lowest BCUT2D eigenvalue weighted by atomic mass is 10.0. The summed E-state index contributed by atoms with van der Waals surface area (Å²) in [7, 11) is 0. The minimum atomic E-state index is -1.61. The van der Waals surface area contributed by atoms with Gasteiger partial charge < -0.3 is 5.32 Å². The summed E-state index contributed by atoms with van der Waals surface area (Å²) in [6, 6.07) is 10.9. The van der Waals surface area contributed by atoms with Gasteiger partial charge in [-0.25, -0.2) is 0 Å². The van der Waals surface area contributed by atoms with Gasteiger partial charge in [-0.2, -0.15) is 0 Å². The number of pyridine rings is 2. The van der Waals surface area contributed by atoms with Gasteiger partial charge in [0.05, 0.1) is 22.2 Å². The van der Waals surface area contributed by atoms with E-state index in [1.165, 1.54) is 30.5 Å². The van der Waals surface area contributed by atoms with E-state index in [4.69, 9.17) is 11.6 Å². The largest absolute Gasteiger partial charge is 0.348 e. The fraction of sp³-hybridized carbons (Fsp3) is 0.100. The second-order valence-electron chi connectivity index (χ2n) is 6.21. The standard InChI is InChI=1S/C20H15ClN4O5/c21-14-7-8-17(26)24(12-14)18(20(28)23-11-15-5-1-2-9-22-15)19(27)13-4-3-6-16(10-13)25(29)30/h1-10,12,18H,11H2,(H,23,28)/t18-/m0/s1. The van der Waals surface area contributed by atoms with Crippen molar-refractivity contribution in [2.45, 2.75) is 12.6 Å². The number of nitro benzene ring substituents is 1. The summed E-state index contributed by atoms with van der Waals surface area (Å²) in [5.74, 6) is -1.57. The predicted molar refractivity (Wildman–Crippen MR) is 108 cm³/mol. The number of aromatic nitrogens is 2. The van der Waals surface area contributed by atoms with Crippen molar-refractivity contribution in [1.82, 2.24) is 14.9 Å². The summed E-state index contributed by atoms with van der Waals surface area (Å²) in [5, 5.41) is 13.8. The Labute approximate surface area is 175 Å². The van der Waals surface area contributed by atoms with Crippen LogP contribution in [-0.2, 0) is 11.3 Å². The van der Waals surface area contributed by atoms with Crippen LogP contribution < -0.4 is 10.9 Å². The first-order valence-electron chi connectivity index (χ1n) is 8.71. The lowest BCUT2D eigenvalue weighted by molar-refractivity contribution is -0.384. The highest BCUT2D eigenvalue weighted by molar-refractivity contribution is 6.30. The Kier molecular flexibility index (Phi) is 6.33. The van der Waals surface area contributed by atoms with Crippen LogP contribution in [0.3, 0.4) is 0 Å². The zero-order chi connectivity index (χ0) is 21.7. The molecule has 1 aromatic carbocycles. The number of Topliss-reactive ketones (excluding diaryl/α,β-unsaturated/α-hetero) is 1. The topological polar surface area (TPSA) is 124 Å². The fourth-order valence-electron chi connectivity index (χ4n) is 2.76. The molecule has 1 amide bonds. The Morgan fingerprint density at radius 1 is 1.17 bits per heavy atom. The molecule has 0 saturated heterocycles. The molecule has 2 heterocycles. The molecule has 152 valence electrons. The van der Waals surface area contributed by atoms with Crippen molar-refractivity contribution in [3.63, 3.8) is 0 Å². The highest BCUT2D eigenvalue weighted by atomic mass is 35.5. The minimum absolute atomic E-state index is 0.0215. The molecular formula is C20H15ClN4O5. The SMILES string of the molecule is O=C(NCc1ccccn1)[C@H](C(=O)c1cccc([N+](=O)[O-])c1)n1cc(Cl)ccc1=O. The van der Waals surface area contributed by atoms with Gasteiger partial charge in [0.15, 0.2) is 11.8 Å². The van der Waals surface area contributed by atoms with Gasteiger partial charge in [-0.1, -0.05) is 29.8 Å². The average Bonchev–Trinajstić information content (AvgIpc) is 2.75. The normalized spacial score (nSPS) is 11.5. The maximum Gasteiger partial charge on any atom is 0.270 e. The van der Waals surface area contributed by atoms with Gasteiger partial charge in [0.2, 0.25) is 0 Å². The maximum atomic E-state index is 13.1. The highest BCUT2D eigenvalue weighted by Gasteiger charge is 2.31. The number of hydrogen-bond donors (Lipinski definition) is 1. The summed E-state index contributed by atoms with van der Waals surface area (Å²) < 4.78 is 0.900. The van der Waals surface area contributed by atoms with E-state index in [9.17, 15) is 24.5 Å². The zero-order valence-corrected chi connectivity index (χ0v) is 16.2. The van der Waals surface area contributed by atoms with Gasteiger partial charge in [0.25, 0.3) is 17.2 Å². The zero-order valence-electron chi connectivity index (χ0n) is 15.4. The first-order valence-corrected chi connectivity index (χ1v) is 9.08. The molecule has 1 atom stereocenters. The Morgan fingerprint density at radius 3 is 2.67 bits per heavy atom. The molecule has 9 nitrogen and oxygen atoms in total. The van der Waals surface area contributed by atoms with Crippen LogP contribution in [0.25, 0.3) is 0 Å². The monoisotopic (exact) mass is 426 g/mol. The van der Waals surface area contributed by atoms with Crippen molar-refractivity contribution >= 4 is 29.0 Å². The van der Waals surface area contributed by atoms with E-state index in [1.54, 1.807) is 24.4 Å². The van der Waals surface area contributed by atoms with E-state index in [2.05, 4.69) is 10.3 Å². The van der Waals surface area contributed by atoms with Crippen LogP contribution >= 0.6 is 11.6 Å². The third-order valence-corrected chi connectivity index (χ3v) is 4.41. The molecule has 0 fully saturated rings. The van der Waals surface area contributed by atoms with Crippen LogP contribution in [0.1, 0.15) is 22.1 Å². The maximum absolute atomic E-state index is 13.1. The molecule has 0 unspecified atom stereocenters. The number of carbonyl (C=O) groups is 2. The number of nitrogens with zero attached hydrogens (tertiary/aromatic N) is 3. The third kappa shape index (κ3) is 4.76. The van der Waals surface area contributed by atoms with Gasteiger partial charge in [0, 0.05) is 36.2 Å². The van der Waals surface area contributed by atoms with E-state index in [0.717, 1.165) is 16.7 Å². The summed E-state index contributed by atoms with van der Waals surface area (Å²) in [4.78, 5) is 52.9. The van der Waals surface area contributed by atoms with E-state index in [-0.39, 0.29) is 22.8 Å². The van der Waals surface area contributed by atoms with Crippen molar-refractivity contribution < 1.29 is 14.5 Å². The first-order chi connectivity index (χ1) is 14.4. The lowest BCUT2D eigenvalue weighted by Crippen LogP contribution is -2.41. The van der Waals surface area contributed by atoms with E-state index >= 15 is 0 Å². The molecule has 0 aliphatic rings. The molecule has 3 rings (SSSR count). The number of nitrogens with one attached hydrogen (secondary N) is 1. The number of nitro groups is 1. The van der Waals surface area contributed by atoms with Crippen LogP contribution in [0.2, 0.25) is 5.02 Å². The van der Waals surface area contributed by atoms with E-state index < -0.39 is 28.2 Å². The molecule has 2 aromatic heterocycles. The molecule has 10 heteroatoms. The van der Waals surface area contributed by atoms with E-state index in [0.29, 0.717) is 5.69 Å². The first kappa shape index (κ1) is 20.9. The van der Waals surface area contributed by atoms with Gasteiger partial charge in [0.1, 0.15) is 0 Å². The molecule has 0 aliphatic heterocycles. The Hall–Kier alpha value is -3.85. The number of non-ortho nitro benzene ring substituents is 1. The molecule has 3 aromatic rings. The Bertz CT molecular complexity index is 1160. The summed E-state index contributed by atoms with van der Waals surface area (Å²) in [6.07, 6.45) is 2.72. The van der Waals surface area contributed by atoms with Crippen LogP contribution in [0, 0.1) is 10.1 Å². The Morgan fingerprint density at radius 2 is 1.97 bits per heavy atom. The average molecular weight is 427 g/mol. The quantitative estimate of drug-likeness (QED) is 0.268. The second-order valence-corrected chi connectivity index (χ2v) is 6.64. The van der Waals surface area contributed by atoms with Crippen molar-refractivity contribution in [3.8, 4) is 0 Å². The van der Waals surface area contributed by atoms with Crippen LogP contribution in [0.4, 0.5) is 5.69 Å². The van der Waals surface area contributed by atoms with Crippen molar-refractivity contribution in [2.75, 3.05) is 0 Å². The predicted octanol–water partition coefficient (Wildman–Crippen LogP) is 2.55. The van der Waals surface area contributed by atoms with Gasteiger partial charge >= 0.3 is 0 Å². The number of rotatable bonds is 7. The number of halogens is 1. The molecule has 0 spiro atoms. The van der Waals surface area contributed by atoms with Gasteiger partial charge in [-0.15, -0.1) is 0 Å². The summed E-state index contributed by atoms with van der Waals surface area (Å²) >= 11 is 5.95. The molecule has 1 N–H and O–H groups in total. The smallest absolute Gasteiger partial charge is 0.270 e. The number of carbonyl (C=O) groups excluding carboxylic acids is 2. The van der Waals surface area contributed by atoms with Gasteiger partial charge in [-0.3, -0.25) is 34.0 Å². The van der Waals surface area contributed by atoms with Crippen LogP contribution in [0.5, 0.6) is 0 Å². The second kappa shape index (κ2) is 9.10. The van der Waals surface area contributed by atoms with Gasteiger partial charge in [-0.05, 0) is 18.2 Å². The molecule has 30 heavy (non-hydrogen) atoms. The summed E-state index contributed by atoms with van der Waals surface area (Å²) in [5.41, 5.74) is -0.483. The summed E-state index contributed by atoms with van der Waals surface area (Å²) in [6.45, 7) is 0.0215. The molecule has 0 aliphatic carbocycles. The van der Waals surface area contributed by atoms with Crippen LogP contribution in [0.15, 0.2) is 71.8 Å².